The van der Waals surface area contributed by atoms with Crippen LogP contribution in [0.25, 0.3) is 11.2 Å². The number of hydrogen-bond acceptors (Lipinski definition) is 10. The first-order valence-electron chi connectivity index (χ1n) is 9.71. The zero-order chi connectivity index (χ0) is 22.0. The van der Waals surface area contributed by atoms with E-state index < -0.39 is 43.2 Å². The minimum Gasteiger partial charge on any atom is -0.467 e. The highest BCUT2D eigenvalue weighted by Gasteiger charge is 2.44. The summed E-state index contributed by atoms with van der Waals surface area (Å²) in [6.07, 6.45) is -1.37. The number of carbonyl (C=O) groups excluding carboxylic acids is 1. The van der Waals surface area contributed by atoms with Crippen LogP contribution < -0.4 is 5.32 Å². The molecule has 164 valence electrons. The normalized spacial score (nSPS) is 24.3. The minimum atomic E-state index is -1.28. The number of fused-ring (bicyclic) bond motifs is 1. The topological polar surface area (TPSA) is 152 Å². The van der Waals surface area contributed by atoms with Crippen molar-refractivity contribution < 1.29 is 29.6 Å². The highest BCUT2D eigenvalue weighted by atomic mass is 16.6. The molecular weight excluding hydrogens is 406 g/mol. The van der Waals surface area contributed by atoms with Crippen molar-refractivity contribution in [1.29, 1.82) is 0 Å². The van der Waals surface area contributed by atoms with E-state index in [1.807, 2.05) is 30.3 Å². The van der Waals surface area contributed by atoms with Crippen molar-refractivity contribution in [1.82, 2.24) is 19.5 Å². The largest absolute Gasteiger partial charge is 0.467 e. The molecule has 11 nitrogen and oxygen atoms in total. The Hall–Kier alpha value is -3.12. The summed E-state index contributed by atoms with van der Waals surface area (Å²) in [6, 6.07) is 8.75. The van der Waals surface area contributed by atoms with Gasteiger partial charge in [0.2, 0.25) is 0 Å². The first-order chi connectivity index (χ1) is 15.0. The molecule has 1 fully saturated rings. The monoisotopic (exact) mass is 429 g/mol. The number of nitrogens with zero attached hydrogens (tertiary/aromatic N) is 4. The molecule has 3 aromatic rings. The molecule has 31 heavy (non-hydrogen) atoms. The number of ether oxygens (including phenoxy) is 2. The smallest absolute Gasteiger partial charge is 0.328 e. The van der Waals surface area contributed by atoms with Gasteiger partial charge in [-0.3, -0.25) is 4.57 Å². The van der Waals surface area contributed by atoms with Gasteiger partial charge in [0, 0.05) is 6.42 Å². The number of aliphatic hydroxyl groups excluding tert-OH is 3. The van der Waals surface area contributed by atoms with Crippen LogP contribution in [0.4, 0.5) is 5.82 Å². The molecule has 0 spiro atoms. The number of imidazole rings is 1. The van der Waals surface area contributed by atoms with Crippen LogP contribution in [-0.4, -0.2) is 78.9 Å². The second-order valence-electron chi connectivity index (χ2n) is 7.18. The maximum atomic E-state index is 12.4. The number of carbonyl (C=O) groups is 1. The Bertz CT molecular complexity index is 1040. The molecule has 1 saturated heterocycles. The van der Waals surface area contributed by atoms with Gasteiger partial charge in [-0.2, -0.15) is 0 Å². The molecule has 11 heteroatoms. The van der Waals surface area contributed by atoms with Crippen molar-refractivity contribution in [3.63, 3.8) is 0 Å². The third-order valence-corrected chi connectivity index (χ3v) is 5.23. The molecule has 5 atom stereocenters. The first-order valence-corrected chi connectivity index (χ1v) is 9.71. The van der Waals surface area contributed by atoms with Crippen LogP contribution in [0.5, 0.6) is 0 Å². The van der Waals surface area contributed by atoms with Crippen LogP contribution in [0.1, 0.15) is 11.8 Å². The number of methoxy groups -OCH3 is 1. The number of esters is 1. The Morgan fingerprint density at radius 3 is 2.68 bits per heavy atom. The molecule has 3 heterocycles. The SMILES string of the molecule is COC(=O)[C@@H](Cc1ccccc1)Nc1ncnc2c1ncn2[C@@H]1O[C@H](CO)C(O)[C@@H]1O. The fourth-order valence-corrected chi connectivity index (χ4v) is 3.60. The minimum absolute atomic E-state index is 0.307. The maximum absolute atomic E-state index is 12.4. The molecule has 0 saturated carbocycles. The van der Waals surface area contributed by atoms with Crippen LogP contribution in [0.2, 0.25) is 0 Å². The number of nitrogens with one attached hydrogen (secondary N) is 1. The van der Waals surface area contributed by atoms with Gasteiger partial charge in [0.05, 0.1) is 20.0 Å². The summed E-state index contributed by atoms with van der Waals surface area (Å²) >= 11 is 0. The molecular formula is C20H23N5O6. The number of aromatic nitrogens is 4. The summed E-state index contributed by atoms with van der Waals surface area (Å²) in [5, 5.41) is 32.7. The van der Waals surface area contributed by atoms with E-state index in [4.69, 9.17) is 9.47 Å². The Labute approximate surface area is 177 Å². The summed E-state index contributed by atoms with van der Waals surface area (Å²) in [5.74, 6) is -0.152. The summed E-state index contributed by atoms with van der Waals surface area (Å²) in [7, 11) is 1.31. The molecule has 4 rings (SSSR count). The lowest BCUT2D eigenvalue weighted by molar-refractivity contribution is -0.141. The van der Waals surface area contributed by atoms with Gasteiger partial charge in [0.1, 0.15) is 30.7 Å². The molecule has 2 aromatic heterocycles. The number of benzene rings is 1. The van der Waals surface area contributed by atoms with Crippen LogP contribution in [0.15, 0.2) is 43.0 Å². The fourth-order valence-electron chi connectivity index (χ4n) is 3.60. The summed E-state index contributed by atoms with van der Waals surface area (Å²) in [5.41, 5.74) is 1.62. The predicted octanol–water partition coefficient (Wildman–Crippen LogP) is -0.366. The molecule has 4 N–H and O–H groups in total. The van der Waals surface area contributed by atoms with Crippen LogP contribution >= 0.6 is 0 Å². The molecule has 1 aromatic carbocycles. The highest BCUT2D eigenvalue weighted by molar-refractivity contribution is 5.86. The third-order valence-electron chi connectivity index (χ3n) is 5.23. The Balaban J connectivity index is 1.63. The fraction of sp³-hybridized carbons (Fsp3) is 0.400. The molecule has 0 aliphatic carbocycles. The molecule has 0 bridgehead atoms. The van der Waals surface area contributed by atoms with Crippen LogP contribution in [0, 0.1) is 0 Å². The van der Waals surface area contributed by atoms with Gasteiger partial charge in [-0.1, -0.05) is 30.3 Å². The predicted molar refractivity (Wildman–Crippen MR) is 108 cm³/mol. The standard InChI is InChI=1S/C20H23N5O6/c1-30-20(29)12(7-11-5-3-2-4-6-11)24-17-14-18(22-9-21-17)25(10-23-14)19-16(28)15(27)13(8-26)31-19/h2-6,9-10,12-13,15-16,19,26-28H,7-8H2,1H3,(H,21,22,24)/t12-,13-,15?,16+,19-/m1/s1. The van der Waals surface area contributed by atoms with E-state index in [2.05, 4.69) is 20.3 Å². The summed E-state index contributed by atoms with van der Waals surface area (Å²) in [6.45, 7) is -0.441. The van der Waals surface area contributed by atoms with Gasteiger partial charge in [-0.25, -0.2) is 19.7 Å². The van der Waals surface area contributed by atoms with Crippen LogP contribution in [-0.2, 0) is 20.7 Å². The van der Waals surface area contributed by atoms with Gasteiger partial charge < -0.3 is 30.1 Å². The van der Waals surface area contributed by atoms with Gasteiger partial charge in [-0.05, 0) is 5.56 Å². The van der Waals surface area contributed by atoms with Crippen molar-refractivity contribution in [2.75, 3.05) is 19.0 Å². The van der Waals surface area contributed by atoms with E-state index in [0.717, 1.165) is 5.56 Å². The van der Waals surface area contributed by atoms with E-state index in [1.54, 1.807) is 0 Å². The second-order valence-corrected chi connectivity index (χ2v) is 7.18. The molecule has 0 amide bonds. The lowest BCUT2D eigenvalue weighted by Gasteiger charge is -2.18. The quantitative estimate of drug-likeness (QED) is 0.366. The molecule has 1 aliphatic heterocycles. The Morgan fingerprint density at radius 1 is 1.23 bits per heavy atom. The van der Waals surface area contributed by atoms with Crippen molar-refractivity contribution in [2.45, 2.75) is 37.0 Å². The maximum Gasteiger partial charge on any atom is 0.328 e. The van der Waals surface area contributed by atoms with E-state index in [1.165, 1.54) is 24.3 Å². The Kier molecular flexibility index (Phi) is 6.09. The summed E-state index contributed by atoms with van der Waals surface area (Å²) < 4.78 is 11.9. The van der Waals surface area contributed by atoms with Gasteiger partial charge in [0.15, 0.2) is 23.2 Å². The lowest BCUT2D eigenvalue weighted by atomic mass is 10.1. The summed E-state index contributed by atoms with van der Waals surface area (Å²) in [4.78, 5) is 25.1. The number of rotatable bonds is 7. The molecule has 1 aliphatic rings. The van der Waals surface area contributed by atoms with E-state index in [9.17, 15) is 20.1 Å². The van der Waals surface area contributed by atoms with Crippen molar-refractivity contribution in [2.24, 2.45) is 0 Å². The molecule has 1 unspecified atom stereocenters. The zero-order valence-electron chi connectivity index (χ0n) is 16.7. The number of aliphatic hydroxyl groups is 3. The average Bonchev–Trinajstić information content (AvgIpc) is 3.35. The number of anilines is 1. The van der Waals surface area contributed by atoms with Gasteiger partial charge >= 0.3 is 5.97 Å². The first kappa shape index (κ1) is 21.1. The van der Waals surface area contributed by atoms with Crippen molar-refractivity contribution >= 4 is 23.0 Å². The second kappa shape index (κ2) is 8.94. The van der Waals surface area contributed by atoms with Crippen molar-refractivity contribution in [3.8, 4) is 0 Å². The van der Waals surface area contributed by atoms with E-state index in [-0.39, 0.29) is 0 Å². The Morgan fingerprint density at radius 2 is 2.00 bits per heavy atom. The molecule has 0 radical (unpaired) electrons. The van der Waals surface area contributed by atoms with Crippen LogP contribution in [0.3, 0.4) is 0 Å². The average molecular weight is 429 g/mol. The highest BCUT2D eigenvalue weighted by Crippen LogP contribution is 2.32. The van der Waals surface area contributed by atoms with Gasteiger partial charge in [0.25, 0.3) is 0 Å². The lowest BCUT2D eigenvalue weighted by Crippen LogP contribution is -2.33. The number of hydrogen-bond donors (Lipinski definition) is 4. The van der Waals surface area contributed by atoms with Crippen molar-refractivity contribution in [3.05, 3.63) is 48.5 Å². The van der Waals surface area contributed by atoms with Gasteiger partial charge in [-0.15, -0.1) is 0 Å². The third kappa shape index (κ3) is 4.08. The van der Waals surface area contributed by atoms with E-state index in [0.29, 0.717) is 23.4 Å². The zero-order valence-corrected chi connectivity index (χ0v) is 16.7. The van der Waals surface area contributed by atoms with E-state index >= 15 is 0 Å².